The van der Waals surface area contributed by atoms with Crippen molar-refractivity contribution in [1.82, 2.24) is 0 Å². The molecule has 0 saturated carbocycles. The van der Waals surface area contributed by atoms with Crippen LogP contribution in [-0.4, -0.2) is 59.7 Å². The van der Waals surface area contributed by atoms with Gasteiger partial charge in [-0.3, -0.25) is 13.9 Å². The van der Waals surface area contributed by atoms with Gasteiger partial charge in [0.1, 0.15) is 0 Å². The van der Waals surface area contributed by atoms with E-state index in [-0.39, 0.29) is 35.5 Å². The second-order valence-corrected chi connectivity index (χ2v) is 5.02. The number of carbonyl (C=O) groups excluding carboxylic acids is 1. The molecular formula is C12H27NaO6S. The van der Waals surface area contributed by atoms with E-state index < -0.39 is 10.4 Å². The SMILES string of the molecule is CCCCCCCCCC(=O)OCC.O=S(=O)(O)O.[NaH]. The van der Waals surface area contributed by atoms with Crippen molar-refractivity contribution in [2.45, 2.75) is 65.2 Å². The van der Waals surface area contributed by atoms with Crippen molar-refractivity contribution in [2.24, 2.45) is 0 Å². The summed E-state index contributed by atoms with van der Waals surface area (Å²) in [5.74, 6) is -0.0407. The first-order chi connectivity index (χ1) is 8.81. The zero-order valence-electron chi connectivity index (χ0n) is 11.8. The minimum atomic E-state index is -4.67. The fraction of sp³-hybridized carbons (Fsp3) is 0.917. The molecule has 0 unspecified atom stereocenters. The molecule has 0 saturated heterocycles. The van der Waals surface area contributed by atoms with Gasteiger partial charge in [-0.05, 0) is 13.3 Å². The van der Waals surface area contributed by atoms with Gasteiger partial charge in [0.25, 0.3) is 0 Å². The third-order valence-electron chi connectivity index (χ3n) is 2.29. The number of unbranched alkanes of at least 4 members (excludes halogenated alkanes) is 6. The summed E-state index contributed by atoms with van der Waals surface area (Å²) in [4.78, 5) is 11.0. The Labute approximate surface area is 144 Å². The first-order valence-corrected chi connectivity index (χ1v) is 8.06. The Balaban J connectivity index is -0.000000414. The van der Waals surface area contributed by atoms with Crippen molar-refractivity contribution in [2.75, 3.05) is 6.61 Å². The molecule has 118 valence electrons. The van der Waals surface area contributed by atoms with E-state index in [2.05, 4.69) is 6.92 Å². The maximum atomic E-state index is 11.0. The number of hydrogen-bond donors (Lipinski definition) is 2. The zero-order valence-corrected chi connectivity index (χ0v) is 12.6. The molecule has 0 spiro atoms. The summed E-state index contributed by atoms with van der Waals surface area (Å²) in [6.45, 7) is 4.58. The molecule has 0 aromatic carbocycles. The summed E-state index contributed by atoms with van der Waals surface area (Å²) in [5, 5.41) is 0. The fourth-order valence-electron chi connectivity index (χ4n) is 1.46. The van der Waals surface area contributed by atoms with Crippen LogP contribution >= 0.6 is 0 Å². The zero-order chi connectivity index (χ0) is 15.1. The molecule has 2 N–H and O–H groups in total. The van der Waals surface area contributed by atoms with Gasteiger partial charge in [-0.15, -0.1) is 0 Å². The molecule has 20 heavy (non-hydrogen) atoms. The molecule has 0 fully saturated rings. The van der Waals surface area contributed by atoms with Crippen LogP contribution in [0.15, 0.2) is 0 Å². The topological polar surface area (TPSA) is 101 Å². The number of rotatable bonds is 9. The third kappa shape index (κ3) is 36.2. The van der Waals surface area contributed by atoms with Crippen LogP contribution in [0, 0.1) is 0 Å². The minimum absolute atomic E-state index is 0. The van der Waals surface area contributed by atoms with E-state index in [9.17, 15) is 4.79 Å². The van der Waals surface area contributed by atoms with E-state index >= 15 is 0 Å². The maximum absolute atomic E-state index is 11.0. The van der Waals surface area contributed by atoms with Crippen LogP contribution in [0.25, 0.3) is 0 Å². The second-order valence-electron chi connectivity index (χ2n) is 4.12. The Morgan fingerprint density at radius 3 is 1.75 bits per heavy atom. The van der Waals surface area contributed by atoms with Crippen molar-refractivity contribution in [3.8, 4) is 0 Å². The summed E-state index contributed by atoms with van der Waals surface area (Å²) >= 11 is 0. The second kappa shape index (κ2) is 17.4. The van der Waals surface area contributed by atoms with Crippen LogP contribution in [0.2, 0.25) is 0 Å². The number of hydrogen-bond acceptors (Lipinski definition) is 4. The van der Waals surface area contributed by atoms with Crippen LogP contribution in [0.1, 0.15) is 65.2 Å². The Bertz CT molecular complexity index is 297. The monoisotopic (exact) mass is 322 g/mol. The Hall–Kier alpha value is 0.340. The average Bonchev–Trinajstić information content (AvgIpc) is 2.26. The molecule has 0 aromatic rings. The van der Waals surface area contributed by atoms with Crippen molar-refractivity contribution < 1.29 is 27.1 Å². The number of esters is 1. The molecule has 0 rings (SSSR count). The van der Waals surface area contributed by atoms with E-state index in [1.165, 1.54) is 38.5 Å². The van der Waals surface area contributed by atoms with Crippen molar-refractivity contribution in [3.63, 3.8) is 0 Å². The van der Waals surface area contributed by atoms with Crippen molar-refractivity contribution in [1.29, 1.82) is 0 Å². The van der Waals surface area contributed by atoms with E-state index in [4.69, 9.17) is 22.3 Å². The molecule has 0 atom stereocenters. The van der Waals surface area contributed by atoms with Crippen LogP contribution in [-0.2, 0) is 19.9 Å². The number of carbonyl (C=O) groups is 1. The quantitative estimate of drug-likeness (QED) is 0.292. The van der Waals surface area contributed by atoms with E-state index in [1.807, 2.05) is 6.92 Å². The van der Waals surface area contributed by atoms with E-state index in [0.717, 1.165) is 6.42 Å². The van der Waals surface area contributed by atoms with Gasteiger partial charge < -0.3 is 4.74 Å². The Morgan fingerprint density at radius 1 is 0.950 bits per heavy atom. The molecule has 6 nitrogen and oxygen atoms in total. The number of ether oxygens (including phenoxy) is 1. The first kappa shape index (κ1) is 25.3. The fourth-order valence-corrected chi connectivity index (χ4v) is 1.46. The van der Waals surface area contributed by atoms with Gasteiger partial charge >= 0.3 is 45.9 Å². The van der Waals surface area contributed by atoms with Gasteiger partial charge in [-0.2, -0.15) is 8.42 Å². The Morgan fingerprint density at radius 2 is 1.35 bits per heavy atom. The summed E-state index contributed by atoms with van der Waals surface area (Å²) in [6.07, 6.45) is 9.32. The molecule has 0 bridgehead atoms. The predicted molar refractivity (Wildman–Crippen MR) is 80.6 cm³/mol. The average molecular weight is 322 g/mol. The van der Waals surface area contributed by atoms with Gasteiger partial charge in [0.15, 0.2) is 0 Å². The molecule has 0 amide bonds. The third-order valence-corrected chi connectivity index (χ3v) is 2.29. The summed E-state index contributed by atoms with van der Waals surface area (Å²) in [5.41, 5.74) is 0. The molecule has 0 aromatic heterocycles. The molecule has 0 aliphatic carbocycles. The van der Waals surface area contributed by atoms with Crippen LogP contribution < -0.4 is 0 Å². The molecule has 0 heterocycles. The molecule has 8 heteroatoms. The van der Waals surface area contributed by atoms with Gasteiger partial charge in [0.2, 0.25) is 0 Å². The van der Waals surface area contributed by atoms with E-state index in [1.54, 1.807) is 0 Å². The van der Waals surface area contributed by atoms with Crippen LogP contribution in [0.4, 0.5) is 0 Å². The summed E-state index contributed by atoms with van der Waals surface area (Å²) in [7, 11) is -4.67. The molecule has 0 radical (unpaired) electrons. The van der Waals surface area contributed by atoms with Gasteiger partial charge in [-0.1, -0.05) is 45.4 Å². The predicted octanol–water partition coefficient (Wildman–Crippen LogP) is 2.39. The van der Waals surface area contributed by atoms with Crippen molar-refractivity contribution in [3.05, 3.63) is 0 Å². The molecule has 0 aliphatic rings. The molecule has 0 aliphatic heterocycles. The Kier molecular flexibility index (Phi) is 22.0. The normalized spacial score (nSPS) is 10.0. The standard InChI is InChI=1S/C12H24O2.Na.H2O4S.H/c1-3-5-6-7-8-9-10-11-12(13)14-4-2;;1-5(2,3)4;/h3-11H2,1-2H3;;(H2,1,2,3,4);. The summed E-state index contributed by atoms with van der Waals surface area (Å²) < 4.78 is 36.4. The first-order valence-electron chi connectivity index (χ1n) is 6.66. The summed E-state index contributed by atoms with van der Waals surface area (Å²) in [6, 6.07) is 0. The molecular weight excluding hydrogens is 295 g/mol. The van der Waals surface area contributed by atoms with Gasteiger partial charge in [0, 0.05) is 6.42 Å². The van der Waals surface area contributed by atoms with E-state index in [0.29, 0.717) is 13.0 Å². The van der Waals surface area contributed by atoms with Crippen LogP contribution in [0.5, 0.6) is 0 Å². The van der Waals surface area contributed by atoms with Gasteiger partial charge in [0.05, 0.1) is 6.61 Å². The van der Waals surface area contributed by atoms with Gasteiger partial charge in [-0.25, -0.2) is 0 Å². The van der Waals surface area contributed by atoms with Crippen LogP contribution in [0.3, 0.4) is 0 Å². The van der Waals surface area contributed by atoms with Crippen molar-refractivity contribution >= 4 is 45.9 Å².